The van der Waals surface area contributed by atoms with Gasteiger partial charge in [-0.15, -0.1) is 11.8 Å². The second-order valence-corrected chi connectivity index (χ2v) is 5.80. The van der Waals surface area contributed by atoms with Gasteiger partial charge >= 0.3 is 0 Å². The normalized spacial score (nSPS) is 13.6. The first-order valence-electron chi connectivity index (χ1n) is 6.15. The summed E-state index contributed by atoms with van der Waals surface area (Å²) in [4.78, 5) is 12.3. The number of halogens is 1. The Hall–Kier alpha value is -1.65. The average Bonchev–Trinajstić information content (AvgIpc) is 2.46. The van der Waals surface area contributed by atoms with Gasteiger partial charge in [-0.1, -0.05) is 29.8 Å². The van der Waals surface area contributed by atoms with Crippen LogP contribution in [0, 0.1) is 0 Å². The SMILES string of the molecule is O=C1CSc2cc(OCc3ccccc3Cl)ccc2N1. The van der Waals surface area contributed by atoms with E-state index in [1.807, 2.05) is 42.5 Å². The number of thioether (sulfide) groups is 1. The van der Waals surface area contributed by atoms with Crippen LogP contribution in [0.5, 0.6) is 5.75 Å². The van der Waals surface area contributed by atoms with Gasteiger partial charge in [0.1, 0.15) is 12.4 Å². The molecule has 0 fully saturated rings. The smallest absolute Gasteiger partial charge is 0.234 e. The Morgan fingerprint density at radius 2 is 2.10 bits per heavy atom. The molecule has 20 heavy (non-hydrogen) atoms. The fourth-order valence-electron chi connectivity index (χ4n) is 1.92. The molecular formula is C15H12ClNO2S. The highest BCUT2D eigenvalue weighted by atomic mass is 35.5. The molecule has 0 bridgehead atoms. The lowest BCUT2D eigenvalue weighted by molar-refractivity contribution is -0.113. The van der Waals surface area contributed by atoms with Gasteiger partial charge in [0.15, 0.2) is 0 Å². The summed E-state index contributed by atoms with van der Waals surface area (Å²) in [6, 6.07) is 13.3. The van der Waals surface area contributed by atoms with E-state index in [9.17, 15) is 4.79 Å². The molecule has 1 aliphatic rings. The maximum Gasteiger partial charge on any atom is 0.234 e. The molecule has 5 heteroatoms. The van der Waals surface area contributed by atoms with Gasteiger partial charge < -0.3 is 10.1 Å². The van der Waals surface area contributed by atoms with Crippen molar-refractivity contribution < 1.29 is 9.53 Å². The summed E-state index contributed by atoms with van der Waals surface area (Å²) in [6.45, 7) is 0.426. The summed E-state index contributed by atoms with van der Waals surface area (Å²) in [6.07, 6.45) is 0. The van der Waals surface area contributed by atoms with Crippen molar-refractivity contribution in [3.05, 3.63) is 53.1 Å². The topological polar surface area (TPSA) is 38.3 Å². The maximum atomic E-state index is 11.3. The summed E-state index contributed by atoms with van der Waals surface area (Å²) >= 11 is 7.61. The Kier molecular flexibility index (Phi) is 3.85. The van der Waals surface area contributed by atoms with Crippen molar-refractivity contribution in [1.29, 1.82) is 0 Å². The molecule has 0 atom stereocenters. The zero-order valence-corrected chi connectivity index (χ0v) is 12.1. The third kappa shape index (κ3) is 2.92. The lowest BCUT2D eigenvalue weighted by Crippen LogP contribution is -2.18. The molecule has 1 N–H and O–H groups in total. The highest BCUT2D eigenvalue weighted by Crippen LogP contribution is 2.34. The van der Waals surface area contributed by atoms with Gasteiger partial charge in [0.2, 0.25) is 5.91 Å². The zero-order chi connectivity index (χ0) is 13.9. The lowest BCUT2D eigenvalue weighted by Gasteiger charge is -2.17. The zero-order valence-electron chi connectivity index (χ0n) is 10.6. The van der Waals surface area contributed by atoms with Crippen LogP contribution < -0.4 is 10.1 Å². The van der Waals surface area contributed by atoms with Gasteiger partial charge in [-0.3, -0.25) is 4.79 Å². The van der Waals surface area contributed by atoms with Crippen LogP contribution >= 0.6 is 23.4 Å². The largest absolute Gasteiger partial charge is 0.489 e. The number of fused-ring (bicyclic) bond motifs is 1. The van der Waals surface area contributed by atoms with Gasteiger partial charge in [0.25, 0.3) is 0 Å². The Bertz CT molecular complexity index is 660. The molecule has 0 radical (unpaired) electrons. The van der Waals surface area contributed by atoms with Crippen molar-refractivity contribution in [3.63, 3.8) is 0 Å². The van der Waals surface area contributed by atoms with E-state index in [0.717, 1.165) is 21.9 Å². The Morgan fingerprint density at radius 3 is 2.95 bits per heavy atom. The van der Waals surface area contributed by atoms with Crippen LogP contribution in [-0.2, 0) is 11.4 Å². The van der Waals surface area contributed by atoms with E-state index < -0.39 is 0 Å². The number of carbonyl (C=O) groups excluding carboxylic acids is 1. The highest BCUT2D eigenvalue weighted by molar-refractivity contribution is 8.00. The summed E-state index contributed by atoms with van der Waals surface area (Å²) < 4.78 is 5.76. The van der Waals surface area contributed by atoms with E-state index in [1.165, 1.54) is 11.8 Å². The molecule has 2 aromatic carbocycles. The summed E-state index contributed by atoms with van der Waals surface area (Å²) in [7, 11) is 0. The van der Waals surface area contributed by atoms with Gasteiger partial charge in [-0.2, -0.15) is 0 Å². The van der Waals surface area contributed by atoms with Crippen molar-refractivity contribution in [1.82, 2.24) is 0 Å². The van der Waals surface area contributed by atoms with E-state index in [0.29, 0.717) is 17.4 Å². The molecule has 1 aliphatic heterocycles. The van der Waals surface area contributed by atoms with E-state index in [4.69, 9.17) is 16.3 Å². The molecule has 1 amide bonds. The molecule has 0 saturated carbocycles. The van der Waals surface area contributed by atoms with Gasteiger partial charge in [-0.05, 0) is 24.3 Å². The van der Waals surface area contributed by atoms with Crippen LogP contribution in [0.4, 0.5) is 5.69 Å². The number of hydrogen-bond acceptors (Lipinski definition) is 3. The quantitative estimate of drug-likeness (QED) is 0.932. The predicted molar refractivity (Wildman–Crippen MR) is 81.6 cm³/mol. The van der Waals surface area contributed by atoms with E-state index >= 15 is 0 Å². The molecule has 1 heterocycles. The molecule has 3 nitrogen and oxygen atoms in total. The van der Waals surface area contributed by atoms with Crippen LogP contribution in [0.15, 0.2) is 47.4 Å². The molecule has 0 saturated heterocycles. The first-order valence-corrected chi connectivity index (χ1v) is 7.51. The van der Waals surface area contributed by atoms with Gasteiger partial charge in [0.05, 0.1) is 11.4 Å². The third-order valence-corrected chi connectivity index (χ3v) is 4.36. The van der Waals surface area contributed by atoms with Crippen molar-refractivity contribution in [2.45, 2.75) is 11.5 Å². The Labute approximate surface area is 126 Å². The molecule has 0 unspecified atom stereocenters. The number of nitrogens with one attached hydrogen (secondary N) is 1. The van der Waals surface area contributed by atoms with Crippen molar-refractivity contribution >= 4 is 35.0 Å². The monoisotopic (exact) mass is 305 g/mol. The van der Waals surface area contributed by atoms with Crippen LogP contribution in [0.1, 0.15) is 5.56 Å². The Morgan fingerprint density at radius 1 is 1.25 bits per heavy atom. The number of rotatable bonds is 3. The first kappa shape index (κ1) is 13.3. The summed E-state index contributed by atoms with van der Waals surface area (Å²) in [5.74, 6) is 1.25. The van der Waals surface area contributed by atoms with Crippen molar-refractivity contribution in [2.75, 3.05) is 11.1 Å². The summed E-state index contributed by atoms with van der Waals surface area (Å²) in [5.41, 5.74) is 1.80. The number of hydrogen-bond donors (Lipinski definition) is 1. The van der Waals surface area contributed by atoms with Gasteiger partial charge in [-0.25, -0.2) is 0 Å². The maximum absolute atomic E-state index is 11.3. The van der Waals surface area contributed by atoms with E-state index in [1.54, 1.807) is 0 Å². The van der Waals surface area contributed by atoms with E-state index in [-0.39, 0.29) is 5.91 Å². The van der Waals surface area contributed by atoms with E-state index in [2.05, 4.69) is 5.32 Å². The van der Waals surface area contributed by atoms with Crippen LogP contribution in [0.25, 0.3) is 0 Å². The average molecular weight is 306 g/mol. The number of carbonyl (C=O) groups is 1. The first-order chi connectivity index (χ1) is 9.72. The second-order valence-electron chi connectivity index (χ2n) is 4.37. The van der Waals surface area contributed by atoms with Gasteiger partial charge in [0, 0.05) is 15.5 Å². The number of amides is 1. The molecule has 2 aromatic rings. The van der Waals surface area contributed by atoms with Crippen LogP contribution in [0.3, 0.4) is 0 Å². The Balaban J connectivity index is 1.73. The fraction of sp³-hybridized carbons (Fsp3) is 0.133. The number of anilines is 1. The van der Waals surface area contributed by atoms with Crippen LogP contribution in [-0.4, -0.2) is 11.7 Å². The highest BCUT2D eigenvalue weighted by Gasteiger charge is 2.15. The molecular weight excluding hydrogens is 294 g/mol. The minimum Gasteiger partial charge on any atom is -0.489 e. The molecule has 102 valence electrons. The number of benzene rings is 2. The summed E-state index contributed by atoms with van der Waals surface area (Å²) in [5, 5.41) is 3.53. The van der Waals surface area contributed by atoms with Crippen LogP contribution in [0.2, 0.25) is 5.02 Å². The van der Waals surface area contributed by atoms with Crippen molar-refractivity contribution in [3.8, 4) is 5.75 Å². The standard InChI is InChI=1S/C15H12ClNO2S/c16-12-4-2-1-3-10(12)8-19-11-5-6-13-14(7-11)20-9-15(18)17-13/h1-7H,8-9H2,(H,17,18). The predicted octanol–water partition coefficient (Wildman–Crippen LogP) is 3.96. The fourth-order valence-corrected chi connectivity index (χ4v) is 2.94. The molecule has 3 rings (SSSR count). The molecule has 0 aromatic heterocycles. The second kappa shape index (κ2) is 5.77. The minimum absolute atomic E-state index is 0.0345. The lowest BCUT2D eigenvalue weighted by atomic mass is 10.2. The minimum atomic E-state index is 0.0345. The van der Waals surface area contributed by atoms with Crippen molar-refractivity contribution in [2.24, 2.45) is 0 Å². The number of ether oxygens (including phenoxy) is 1. The molecule has 0 aliphatic carbocycles. The third-order valence-electron chi connectivity index (χ3n) is 2.94. The molecule has 0 spiro atoms.